The summed E-state index contributed by atoms with van der Waals surface area (Å²) in [6.07, 6.45) is 5.46. The average molecular weight is 468 g/mol. The molecule has 1 aromatic carbocycles. The highest BCUT2D eigenvalue weighted by atomic mass is 32.2. The lowest BCUT2D eigenvalue weighted by Gasteiger charge is -2.26. The number of thioether (sulfide) groups is 1. The maximum absolute atomic E-state index is 13.2. The van der Waals surface area contributed by atoms with Crippen LogP contribution < -0.4 is 5.32 Å². The molecule has 1 heterocycles. The SMILES string of the molecule is CSCC[C@@H](C(=O)Nc1cccc(S(=O)(=O)N(C)C)c1)N1C(=O)[C@H]2CCCC[C@H]2C1=O. The number of hydrogen-bond acceptors (Lipinski definition) is 6. The Hall–Kier alpha value is -1.91. The van der Waals surface area contributed by atoms with E-state index in [-0.39, 0.29) is 28.5 Å². The summed E-state index contributed by atoms with van der Waals surface area (Å²) in [7, 11) is -0.790. The fraction of sp³-hybridized carbons (Fsp3) is 0.571. The van der Waals surface area contributed by atoms with Gasteiger partial charge in [-0.25, -0.2) is 12.7 Å². The van der Waals surface area contributed by atoms with Crippen molar-refractivity contribution in [1.29, 1.82) is 0 Å². The van der Waals surface area contributed by atoms with E-state index in [9.17, 15) is 22.8 Å². The van der Waals surface area contributed by atoms with Gasteiger partial charge < -0.3 is 5.32 Å². The Kier molecular flexibility index (Phi) is 7.43. The highest BCUT2D eigenvalue weighted by molar-refractivity contribution is 7.98. The van der Waals surface area contributed by atoms with Gasteiger partial charge in [0.05, 0.1) is 16.7 Å². The molecule has 1 saturated heterocycles. The first kappa shape index (κ1) is 23.7. The van der Waals surface area contributed by atoms with E-state index < -0.39 is 22.0 Å². The zero-order valence-corrected chi connectivity index (χ0v) is 19.7. The lowest BCUT2D eigenvalue weighted by molar-refractivity contribution is -0.146. The third-order valence-electron chi connectivity index (χ3n) is 5.97. The van der Waals surface area contributed by atoms with Gasteiger partial charge in [-0.15, -0.1) is 0 Å². The van der Waals surface area contributed by atoms with Crippen molar-refractivity contribution in [3.05, 3.63) is 24.3 Å². The normalized spacial score (nSPS) is 22.5. The number of sulfonamides is 1. The smallest absolute Gasteiger partial charge is 0.247 e. The molecular formula is C21H29N3O5S2. The highest BCUT2D eigenvalue weighted by Gasteiger charge is 2.51. The molecule has 170 valence electrons. The fourth-order valence-corrected chi connectivity index (χ4v) is 5.68. The van der Waals surface area contributed by atoms with Crippen LogP contribution in [0.25, 0.3) is 0 Å². The maximum Gasteiger partial charge on any atom is 0.247 e. The second-order valence-electron chi connectivity index (χ2n) is 8.15. The number of fused-ring (bicyclic) bond motifs is 1. The molecule has 0 radical (unpaired) electrons. The van der Waals surface area contributed by atoms with Gasteiger partial charge in [-0.3, -0.25) is 19.3 Å². The fourth-order valence-electron chi connectivity index (χ4n) is 4.27. The number of carbonyl (C=O) groups excluding carboxylic acids is 3. The van der Waals surface area contributed by atoms with Crippen LogP contribution in [0.3, 0.4) is 0 Å². The Labute approximate surface area is 187 Å². The van der Waals surface area contributed by atoms with Crippen molar-refractivity contribution in [3.8, 4) is 0 Å². The van der Waals surface area contributed by atoms with E-state index in [1.165, 1.54) is 42.9 Å². The molecule has 1 saturated carbocycles. The molecule has 3 atom stereocenters. The van der Waals surface area contributed by atoms with Gasteiger partial charge >= 0.3 is 0 Å². The van der Waals surface area contributed by atoms with Crippen LogP contribution in [0.15, 0.2) is 29.2 Å². The molecule has 2 aliphatic rings. The summed E-state index contributed by atoms with van der Waals surface area (Å²) in [6, 6.07) is 5.06. The Morgan fingerprint density at radius 1 is 1.19 bits per heavy atom. The van der Waals surface area contributed by atoms with Crippen LogP contribution in [-0.4, -0.2) is 67.5 Å². The molecule has 1 aromatic rings. The first-order valence-corrected chi connectivity index (χ1v) is 13.2. The van der Waals surface area contributed by atoms with E-state index in [0.717, 1.165) is 17.1 Å². The summed E-state index contributed by atoms with van der Waals surface area (Å²) < 4.78 is 25.9. The first-order valence-electron chi connectivity index (χ1n) is 10.4. The van der Waals surface area contributed by atoms with Crippen LogP contribution in [0.2, 0.25) is 0 Å². The zero-order chi connectivity index (χ0) is 22.8. The average Bonchev–Trinajstić information content (AvgIpc) is 2.99. The Morgan fingerprint density at radius 3 is 2.35 bits per heavy atom. The van der Waals surface area contributed by atoms with Crippen LogP contribution in [0.5, 0.6) is 0 Å². The van der Waals surface area contributed by atoms with E-state index in [4.69, 9.17) is 0 Å². The molecule has 31 heavy (non-hydrogen) atoms. The second-order valence-corrected chi connectivity index (χ2v) is 11.3. The Balaban J connectivity index is 1.84. The number of hydrogen-bond donors (Lipinski definition) is 1. The van der Waals surface area contributed by atoms with Crippen molar-refractivity contribution < 1.29 is 22.8 Å². The van der Waals surface area contributed by atoms with Crippen LogP contribution >= 0.6 is 11.8 Å². The minimum atomic E-state index is -3.66. The third kappa shape index (κ3) is 4.80. The number of benzene rings is 1. The molecule has 10 heteroatoms. The van der Waals surface area contributed by atoms with Gasteiger partial charge in [0.2, 0.25) is 27.7 Å². The monoisotopic (exact) mass is 467 g/mol. The Morgan fingerprint density at radius 2 is 1.81 bits per heavy atom. The van der Waals surface area contributed by atoms with Crippen LogP contribution in [0, 0.1) is 11.8 Å². The summed E-state index contributed by atoms with van der Waals surface area (Å²) in [5.41, 5.74) is 0.304. The maximum atomic E-state index is 13.2. The van der Waals surface area contributed by atoms with E-state index in [1.54, 1.807) is 12.1 Å². The van der Waals surface area contributed by atoms with E-state index in [0.29, 0.717) is 30.7 Å². The van der Waals surface area contributed by atoms with Crippen LogP contribution in [0.1, 0.15) is 32.1 Å². The van der Waals surface area contributed by atoms with Crippen molar-refractivity contribution in [2.75, 3.05) is 31.4 Å². The van der Waals surface area contributed by atoms with Crippen molar-refractivity contribution in [2.24, 2.45) is 11.8 Å². The largest absolute Gasteiger partial charge is 0.324 e. The van der Waals surface area contributed by atoms with Gasteiger partial charge in [-0.05, 0) is 49.5 Å². The van der Waals surface area contributed by atoms with Crippen molar-refractivity contribution >= 4 is 45.2 Å². The molecule has 0 aromatic heterocycles. The van der Waals surface area contributed by atoms with Gasteiger partial charge in [0.25, 0.3) is 0 Å². The van der Waals surface area contributed by atoms with Crippen molar-refractivity contribution in [1.82, 2.24) is 9.21 Å². The number of imide groups is 1. The molecule has 0 spiro atoms. The number of carbonyl (C=O) groups is 3. The molecule has 0 bridgehead atoms. The zero-order valence-electron chi connectivity index (χ0n) is 18.0. The molecule has 8 nitrogen and oxygen atoms in total. The van der Waals surface area contributed by atoms with Crippen LogP contribution in [-0.2, 0) is 24.4 Å². The summed E-state index contributed by atoms with van der Waals surface area (Å²) in [5.74, 6) is -1.01. The molecule has 1 aliphatic carbocycles. The number of anilines is 1. The van der Waals surface area contributed by atoms with Gasteiger partial charge in [0.1, 0.15) is 6.04 Å². The second kappa shape index (κ2) is 9.70. The minimum absolute atomic E-state index is 0.0512. The molecule has 3 amide bonds. The summed E-state index contributed by atoms with van der Waals surface area (Å²) in [5, 5.41) is 2.72. The molecule has 1 N–H and O–H groups in total. The summed E-state index contributed by atoms with van der Waals surface area (Å²) in [4.78, 5) is 40.4. The summed E-state index contributed by atoms with van der Waals surface area (Å²) in [6.45, 7) is 0. The van der Waals surface area contributed by atoms with Crippen LogP contribution in [0.4, 0.5) is 5.69 Å². The molecule has 2 fully saturated rings. The van der Waals surface area contributed by atoms with Crippen molar-refractivity contribution in [2.45, 2.75) is 43.0 Å². The van der Waals surface area contributed by atoms with Gasteiger partial charge in [-0.1, -0.05) is 18.9 Å². The van der Waals surface area contributed by atoms with Crippen molar-refractivity contribution in [3.63, 3.8) is 0 Å². The quantitative estimate of drug-likeness (QED) is 0.588. The lowest BCUT2D eigenvalue weighted by Crippen LogP contribution is -2.48. The number of amides is 3. The predicted octanol–water partition coefficient (Wildman–Crippen LogP) is 2.17. The number of rotatable bonds is 8. The van der Waals surface area contributed by atoms with Gasteiger partial charge in [0.15, 0.2) is 0 Å². The summed E-state index contributed by atoms with van der Waals surface area (Å²) >= 11 is 1.54. The Bertz CT molecular complexity index is 940. The first-order chi connectivity index (χ1) is 14.7. The lowest BCUT2D eigenvalue weighted by atomic mass is 9.81. The molecular weight excluding hydrogens is 438 g/mol. The van der Waals surface area contributed by atoms with E-state index >= 15 is 0 Å². The number of nitrogens with zero attached hydrogens (tertiary/aromatic N) is 2. The van der Waals surface area contributed by atoms with E-state index in [1.807, 2.05) is 6.26 Å². The number of likely N-dealkylation sites (tertiary alicyclic amines) is 1. The predicted molar refractivity (Wildman–Crippen MR) is 120 cm³/mol. The highest BCUT2D eigenvalue weighted by Crippen LogP contribution is 2.39. The molecule has 0 unspecified atom stereocenters. The molecule has 1 aliphatic heterocycles. The standard InChI is InChI=1S/C21H29N3O5S2/c1-23(2)31(28,29)15-8-6-7-14(13-15)22-19(25)18(11-12-30-3)24-20(26)16-9-4-5-10-17(16)21(24)27/h6-8,13,16-18H,4-5,9-12H2,1-3H3,(H,22,25)/t16-,17+,18-/m0/s1. The van der Waals surface area contributed by atoms with Gasteiger partial charge in [0, 0.05) is 19.8 Å². The minimum Gasteiger partial charge on any atom is -0.324 e. The van der Waals surface area contributed by atoms with E-state index in [2.05, 4.69) is 5.32 Å². The van der Waals surface area contributed by atoms with Gasteiger partial charge in [-0.2, -0.15) is 11.8 Å². The molecule has 3 rings (SSSR count). The topological polar surface area (TPSA) is 104 Å². The number of nitrogens with one attached hydrogen (secondary N) is 1. The third-order valence-corrected chi connectivity index (χ3v) is 8.42.